The Hall–Kier alpha value is -1.78. The lowest BCUT2D eigenvalue weighted by Gasteiger charge is -2.17. The average molecular weight is 316 g/mol. The van der Waals surface area contributed by atoms with E-state index < -0.39 is 25.1 Å². The van der Waals surface area contributed by atoms with Crippen molar-refractivity contribution >= 4 is 7.60 Å². The van der Waals surface area contributed by atoms with Crippen LogP contribution in [0, 0.1) is 0 Å². The Labute approximate surface area is 119 Å². The number of hydrogen-bond donors (Lipinski definition) is 1. The second-order valence-electron chi connectivity index (χ2n) is 4.37. The van der Waals surface area contributed by atoms with Gasteiger partial charge in [-0.05, 0) is 17.7 Å². The van der Waals surface area contributed by atoms with E-state index in [4.69, 9.17) is 4.52 Å². The van der Waals surface area contributed by atoms with Crippen molar-refractivity contribution in [3.63, 3.8) is 0 Å². The first-order chi connectivity index (χ1) is 9.78. The summed E-state index contributed by atoms with van der Waals surface area (Å²) in [5.41, 5.74) is -0.569. The monoisotopic (exact) mass is 316 g/mol. The van der Waals surface area contributed by atoms with Gasteiger partial charge in [-0.2, -0.15) is 13.2 Å². The normalized spacial score (nSPS) is 14.5. The molecule has 0 bridgehead atoms. The quantitative estimate of drug-likeness (QED) is 0.847. The zero-order chi connectivity index (χ0) is 15.5. The molecule has 1 unspecified atom stereocenters. The van der Waals surface area contributed by atoms with Crippen molar-refractivity contribution in [1.29, 1.82) is 0 Å². The lowest BCUT2D eigenvalue weighted by atomic mass is 10.2. The van der Waals surface area contributed by atoms with E-state index in [1.165, 1.54) is 12.1 Å². The summed E-state index contributed by atoms with van der Waals surface area (Å²) in [4.78, 5) is 9.78. The molecule has 0 aliphatic rings. The summed E-state index contributed by atoms with van der Waals surface area (Å²) in [6, 6.07) is 12.6. The number of hydrogen-bond acceptors (Lipinski definition) is 2. The van der Waals surface area contributed by atoms with Gasteiger partial charge in [0, 0.05) is 0 Å². The van der Waals surface area contributed by atoms with E-state index >= 15 is 0 Å². The second-order valence-corrected chi connectivity index (χ2v) is 6.14. The zero-order valence-electron chi connectivity index (χ0n) is 10.7. The number of rotatable bonds is 4. The van der Waals surface area contributed by atoms with E-state index in [2.05, 4.69) is 0 Å². The van der Waals surface area contributed by atoms with Crippen LogP contribution in [-0.2, 0) is 16.9 Å². The number of benzene rings is 2. The molecular formula is C14H12F3O3P. The third kappa shape index (κ3) is 4.34. The van der Waals surface area contributed by atoms with Gasteiger partial charge >= 0.3 is 13.8 Å². The topological polar surface area (TPSA) is 46.5 Å². The van der Waals surface area contributed by atoms with Crippen molar-refractivity contribution in [2.24, 2.45) is 0 Å². The van der Waals surface area contributed by atoms with Crippen LogP contribution in [0.1, 0.15) is 11.1 Å². The van der Waals surface area contributed by atoms with Crippen molar-refractivity contribution < 1.29 is 27.2 Å². The molecule has 21 heavy (non-hydrogen) atoms. The molecule has 0 amide bonds. The molecule has 2 aromatic carbocycles. The van der Waals surface area contributed by atoms with E-state index in [0.717, 1.165) is 12.1 Å². The van der Waals surface area contributed by atoms with Crippen LogP contribution < -0.4 is 4.52 Å². The van der Waals surface area contributed by atoms with Gasteiger partial charge in [-0.3, -0.25) is 0 Å². The fourth-order valence-electron chi connectivity index (χ4n) is 1.78. The minimum absolute atomic E-state index is 0.361. The maximum Gasteiger partial charge on any atom is 0.419 e. The van der Waals surface area contributed by atoms with Crippen LogP contribution in [0.3, 0.4) is 0 Å². The van der Waals surface area contributed by atoms with Crippen LogP contribution in [0.15, 0.2) is 54.6 Å². The highest BCUT2D eigenvalue weighted by Gasteiger charge is 2.36. The third-order valence-corrected chi connectivity index (χ3v) is 3.91. The average Bonchev–Trinajstić information content (AvgIpc) is 2.38. The SMILES string of the molecule is O=P(O)(Cc1ccccc1)Oc1ccccc1C(F)(F)F. The van der Waals surface area contributed by atoms with E-state index in [0.29, 0.717) is 5.56 Å². The van der Waals surface area contributed by atoms with Gasteiger partial charge in [-0.25, -0.2) is 4.57 Å². The van der Waals surface area contributed by atoms with Crippen LogP contribution in [-0.4, -0.2) is 4.89 Å². The molecule has 2 rings (SSSR count). The molecule has 0 aliphatic carbocycles. The molecule has 112 valence electrons. The molecule has 0 radical (unpaired) electrons. The van der Waals surface area contributed by atoms with Crippen LogP contribution in [0.5, 0.6) is 5.75 Å². The molecule has 0 spiro atoms. The Morgan fingerprint density at radius 3 is 2.19 bits per heavy atom. The van der Waals surface area contributed by atoms with Crippen molar-refractivity contribution in [2.45, 2.75) is 12.3 Å². The lowest BCUT2D eigenvalue weighted by molar-refractivity contribution is -0.138. The number of halogens is 3. The van der Waals surface area contributed by atoms with Gasteiger partial charge in [-0.15, -0.1) is 0 Å². The Morgan fingerprint density at radius 1 is 1.00 bits per heavy atom. The maximum atomic E-state index is 12.8. The molecule has 0 saturated carbocycles. The van der Waals surface area contributed by atoms with E-state index in [1.807, 2.05) is 0 Å². The van der Waals surface area contributed by atoms with Gasteiger partial charge in [0.15, 0.2) is 0 Å². The van der Waals surface area contributed by atoms with Crippen LogP contribution in [0.2, 0.25) is 0 Å². The molecule has 0 heterocycles. The highest BCUT2D eigenvalue weighted by atomic mass is 31.2. The highest BCUT2D eigenvalue weighted by Crippen LogP contribution is 2.49. The summed E-state index contributed by atoms with van der Waals surface area (Å²) >= 11 is 0. The number of para-hydroxylation sites is 1. The lowest BCUT2D eigenvalue weighted by Crippen LogP contribution is -2.08. The van der Waals surface area contributed by atoms with Gasteiger partial charge in [0.25, 0.3) is 0 Å². The molecule has 1 atom stereocenters. The summed E-state index contributed by atoms with van der Waals surface area (Å²) in [5.74, 6) is -0.647. The largest absolute Gasteiger partial charge is 0.424 e. The number of alkyl halides is 3. The van der Waals surface area contributed by atoms with Crippen molar-refractivity contribution in [3.05, 3.63) is 65.7 Å². The van der Waals surface area contributed by atoms with Crippen molar-refractivity contribution in [3.8, 4) is 5.75 Å². The first kappa shape index (κ1) is 15.6. The minimum Gasteiger partial charge on any atom is -0.424 e. The molecule has 0 aromatic heterocycles. The van der Waals surface area contributed by atoms with Gasteiger partial charge in [0.05, 0.1) is 11.7 Å². The molecule has 0 saturated heterocycles. The standard InChI is InChI=1S/C14H12F3O3P/c15-14(16,17)12-8-4-5-9-13(12)20-21(18,19)10-11-6-2-1-3-7-11/h1-9H,10H2,(H,18,19). The van der Waals surface area contributed by atoms with Gasteiger partial charge < -0.3 is 9.42 Å². The molecule has 2 aromatic rings. The fourth-order valence-corrected chi connectivity index (χ4v) is 2.98. The Morgan fingerprint density at radius 2 is 1.57 bits per heavy atom. The van der Waals surface area contributed by atoms with E-state index in [1.54, 1.807) is 30.3 Å². The fraction of sp³-hybridized carbons (Fsp3) is 0.143. The molecular weight excluding hydrogens is 304 g/mol. The van der Waals surface area contributed by atoms with Gasteiger partial charge in [-0.1, -0.05) is 42.5 Å². The smallest absolute Gasteiger partial charge is 0.419 e. The zero-order valence-corrected chi connectivity index (χ0v) is 11.6. The van der Waals surface area contributed by atoms with Crippen LogP contribution in [0.4, 0.5) is 13.2 Å². The first-order valence-electron chi connectivity index (χ1n) is 5.99. The second kappa shape index (κ2) is 5.92. The van der Waals surface area contributed by atoms with Gasteiger partial charge in [0.1, 0.15) is 5.75 Å². The summed E-state index contributed by atoms with van der Waals surface area (Å²) in [6.45, 7) is 0. The predicted octanol–water partition coefficient (Wildman–Crippen LogP) is 4.47. The minimum atomic E-state index is -4.65. The Kier molecular flexibility index (Phi) is 4.40. The molecule has 7 heteroatoms. The third-order valence-electron chi connectivity index (χ3n) is 2.66. The maximum absolute atomic E-state index is 12.8. The molecule has 1 N–H and O–H groups in total. The molecule has 0 fully saturated rings. The summed E-state index contributed by atoms with van der Waals surface area (Å²) in [5, 5.41) is 0. The van der Waals surface area contributed by atoms with Crippen LogP contribution >= 0.6 is 7.60 Å². The Balaban J connectivity index is 2.23. The Bertz CT molecular complexity index is 656. The molecule has 0 aliphatic heterocycles. The van der Waals surface area contributed by atoms with Gasteiger partial charge in [0.2, 0.25) is 0 Å². The van der Waals surface area contributed by atoms with E-state index in [9.17, 15) is 22.6 Å². The summed E-state index contributed by atoms with van der Waals surface area (Å²) < 4.78 is 55.1. The predicted molar refractivity (Wildman–Crippen MR) is 72.0 cm³/mol. The molecule has 3 nitrogen and oxygen atoms in total. The summed E-state index contributed by atoms with van der Waals surface area (Å²) in [6.07, 6.45) is -5.01. The summed E-state index contributed by atoms with van der Waals surface area (Å²) in [7, 11) is -4.23. The highest BCUT2D eigenvalue weighted by molar-refractivity contribution is 7.52. The van der Waals surface area contributed by atoms with E-state index in [-0.39, 0.29) is 6.16 Å². The first-order valence-corrected chi connectivity index (χ1v) is 7.76. The van der Waals surface area contributed by atoms with Crippen LogP contribution in [0.25, 0.3) is 0 Å². The van der Waals surface area contributed by atoms with Crippen molar-refractivity contribution in [2.75, 3.05) is 0 Å². The van der Waals surface area contributed by atoms with Crippen molar-refractivity contribution in [1.82, 2.24) is 0 Å².